The van der Waals surface area contributed by atoms with Crippen LogP contribution >= 0.6 is 0 Å². The van der Waals surface area contributed by atoms with E-state index in [2.05, 4.69) is 15.7 Å². The first-order valence-corrected chi connectivity index (χ1v) is 13.8. The van der Waals surface area contributed by atoms with Crippen LogP contribution in [-0.4, -0.2) is 58.9 Å². The van der Waals surface area contributed by atoms with E-state index in [0.29, 0.717) is 22.0 Å². The van der Waals surface area contributed by atoms with Gasteiger partial charge >= 0.3 is 0 Å². The normalized spacial score (nSPS) is 18.6. The summed E-state index contributed by atoms with van der Waals surface area (Å²) in [7, 11) is -3.05. The van der Waals surface area contributed by atoms with E-state index in [-0.39, 0.29) is 18.9 Å². The zero-order valence-corrected chi connectivity index (χ0v) is 22.4. The molecule has 2 amide bonds. The lowest BCUT2D eigenvalue weighted by Gasteiger charge is -2.38. The van der Waals surface area contributed by atoms with Crippen molar-refractivity contribution in [1.82, 2.24) is 24.7 Å². The van der Waals surface area contributed by atoms with Crippen LogP contribution in [0.15, 0.2) is 24.5 Å². The van der Waals surface area contributed by atoms with E-state index in [1.54, 1.807) is 27.1 Å². The number of hydrogen-bond acceptors (Lipinski definition) is 5. The summed E-state index contributed by atoms with van der Waals surface area (Å²) in [6.07, 6.45) is 1.18. The number of piperidine rings is 1. The third-order valence-electron chi connectivity index (χ3n) is 6.20. The van der Waals surface area contributed by atoms with Gasteiger partial charge in [0.15, 0.2) is 0 Å². The first-order chi connectivity index (χ1) is 18.1. The minimum Gasteiger partial charge on any atom is -0.350 e. The maximum absolute atomic E-state index is 14.3. The van der Waals surface area contributed by atoms with Gasteiger partial charge in [0.1, 0.15) is 29.5 Å². The SMILES string of the molecule is CC(C)CC(NC(=O)C1CC(F)(F)CCN1S(=O)(=O)Cc1c(F)cc(F)cc1F)C(=O)NCc1cnn(C)c1. The van der Waals surface area contributed by atoms with Crippen LogP contribution in [0.5, 0.6) is 0 Å². The first kappa shape index (κ1) is 30.5. The van der Waals surface area contributed by atoms with Gasteiger partial charge in [-0.15, -0.1) is 0 Å². The maximum atomic E-state index is 14.3. The Hall–Kier alpha value is -3.07. The zero-order chi connectivity index (χ0) is 29.1. The molecule has 1 fully saturated rings. The lowest BCUT2D eigenvalue weighted by molar-refractivity contribution is -0.136. The van der Waals surface area contributed by atoms with Crippen molar-refractivity contribution in [2.45, 2.75) is 63.4 Å². The summed E-state index contributed by atoms with van der Waals surface area (Å²) in [5.41, 5.74) is -0.315. The highest BCUT2D eigenvalue weighted by Crippen LogP contribution is 2.34. The minimum atomic E-state index is -4.73. The summed E-state index contributed by atoms with van der Waals surface area (Å²) in [6.45, 7) is 2.81. The van der Waals surface area contributed by atoms with Crippen LogP contribution in [0.3, 0.4) is 0 Å². The third kappa shape index (κ3) is 7.97. The number of aromatic nitrogens is 2. The molecule has 2 atom stereocenters. The Morgan fingerprint density at radius 2 is 1.82 bits per heavy atom. The highest BCUT2D eigenvalue weighted by Gasteiger charge is 2.48. The van der Waals surface area contributed by atoms with Crippen LogP contribution in [0.25, 0.3) is 0 Å². The summed E-state index contributed by atoms with van der Waals surface area (Å²) >= 11 is 0. The van der Waals surface area contributed by atoms with Gasteiger partial charge in [0.25, 0.3) is 5.92 Å². The Morgan fingerprint density at radius 3 is 2.38 bits per heavy atom. The highest BCUT2D eigenvalue weighted by molar-refractivity contribution is 7.88. The molecule has 2 heterocycles. The van der Waals surface area contributed by atoms with Gasteiger partial charge in [-0.05, 0) is 12.3 Å². The topological polar surface area (TPSA) is 113 Å². The van der Waals surface area contributed by atoms with Crippen LogP contribution in [0.1, 0.15) is 44.2 Å². The predicted octanol–water partition coefficient (Wildman–Crippen LogP) is 2.61. The number of hydrogen-bond donors (Lipinski definition) is 2. The zero-order valence-electron chi connectivity index (χ0n) is 21.6. The van der Waals surface area contributed by atoms with Gasteiger partial charge in [0, 0.05) is 62.4 Å². The molecule has 2 aromatic rings. The molecular weight excluding hydrogens is 549 g/mol. The van der Waals surface area contributed by atoms with Gasteiger partial charge in [-0.1, -0.05) is 13.8 Å². The van der Waals surface area contributed by atoms with Crippen LogP contribution in [0, 0.1) is 23.4 Å². The number of aryl methyl sites for hydroxylation is 1. The molecule has 15 heteroatoms. The van der Waals surface area contributed by atoms with Crippen molar-refractivity contribution in [3.05, 3.63) is 53.1 Å². The summed E-state index contributed by atoms with van der Waals surface area (Å²) in [4.78, 5) is 26.1. The minimum absolute atomic E-state index is 0.0773. The maximum Gasteiger partial charge on any atom is 0.251 e. The molecule has 2 unspecified atom stereocenters. The molecule has 0 saturated carbocycles. The van der Waals surface area contributed by atoms with Crippen molar-refractivity contribution in [3.63, 3.8) is 0 Å². The van der Waals surface area contributed by atoms with Crippen LogP contribution in [0.2, 0.25) is 0 Å². The summed E-state index contributed by atoms with van der Waals surface area (Å²) in [5.74, 6) is -10.8. The van der Waals surface area contributed by atoms with E-state index in [0.717, 1.165) is 0 Å². The average Bonchev–Trinajstić information content (AvgIpc) is 3.23. The van der Waals surface area contributed by atoms with Gasteiger partial charge in [-0.2, -0.15) is 9.40 Å². The molecule has 3 rings (SSSR count). The molecule has 2 N–H and O–H groups in total. The summed E-state index contributed by atoms with van der Waals surface area (Å²) in [5, 5.41) is 9.00. The molecule has 9 nitrogen and oxygen atoms in total. The number of rotatable bonds is 10. The molecule has 0 radical (unpaired) electrons. The molecule has 39 heavy (non-hydrogen) atoms. The molecule has 1 aromatic heterocycles. The van der Waals surface area contributed by atoms with E-state index in [4.69, 9.17) is 0 Å². The fraction of sp³-hybridized carbons (Fsp3) is 0.542. The third-order valence-corrected chi connectivity index (χ3v) is 8.00. The van der Waals surface area contributed by atoms with Gasteiger partial charge in [0.2, 0.25) is 21.8 Å². The largest absolute Gasteiger partial charge is 0.350 e. The van der Waals surface area contributed by atoms with Crippen LogP contribution < -0.4 is 10.6 Å². The molecular formula is C24H30F5N5O4S. The Morgan fingerprint density at radius 1 is 1.18 bits per heavy atom. The fourth-order valence-electron chi connectivity index (χ4n) is 4.29. The van der Waals surface area contributed by atoms with E-state index < -0.39 is 88.0 Å². The van der Waals surface area contributed by atoms with Gasteiger partial charge in [-0.3, -0.25) is 14.3 Å². The highest BCUT2D eigenvalue weighted by atomic mass is 32.2. The second kappa shape index (κ2) is 12.0. The Bertz CT molecular complexity index is 1290. The van der Waals surface area contributed by atoms with Gasteiger partial charge < -0.3 is 10.6 Å². The molecule has 216 valence electrons. The molecule has 1 saturated heterocycles. The Kier molecular flexibility index (Phi) is 9.36. The second-order valence-corrected chi connectivity index (χ2v) is 11.9. The van der Waals surface area contributed by atoms with Crippen molar-refractivity contribution in [2.75, 3.05) is 6.54 Å². The fourth-order valence-corrected chi connectivity index (χ4v) is 6.03. The van der Waals surface area contributed by atoms with Crippen molar-refractivity contribution in [3.8, 4) is 0 Å². The predicted molar refractivity (Wildman–Crippen MR) is 130 cm³/mol. The lowest BCUT2D eigenvalue weighted by atomic mass is 9.98. The Balaban J connectivity index is 1.82. The smallest absolute Gasteiger partial charge is 0.251 e. The van der Waals surface area contributed by atoms with Crippen molar-refractivity contribution in [1.29, 1.82) is 0 Å². The van der Waals surface area contributed by atoms with E-state index in [9.17, 15) is 40.0 Å². The van der Waals surface area contributed by atoms with Crippen LogP contribution in [0.4, 0.5) is 22.0 Å². The quantitative estimate of drug-likeness (QED) is 0.421. The number of carbonyl (C=O) groups is 2. The molecule has 1 aliphatic rings. The molecule has 1 aliphatic heterocycles. The lowest BCUT2D eigenvalue weighted by Crippen LogP contribution is -2.59. The standard InChI is InChI=1S/C24H30F5N5O4S/c1-14(2)6-20(22(35)30-10-15-11-31-33(3)12-15)32-23(36)21-9-24(28,29)4-5-34(21)39(37,38)13-17-18(26)7-16(25)8-19(17)27/h7-8,11-12,14,20-21H,4-6,9-10,13H2,1-3H3,(H,30,35)(H,32,36). The number of benzene rings is 1. The van der Waals surface area contributed by atoms with Gasteiger partial charge in [0.05, 0.1) is 11.9 Å². The molecule has 1 aromatic carbocycles. The molecule has 0 bridgehead atoms. The number of carbonyl (C=O) groups excluding carboxylic acids is 2. The average molecular weight is 580 g/mol. The second-order valence-electron chi connectivity index (χ2n) is 9.97. The van der Waals surface area contributed by atoms with Crippen LogP contribution in [-0.2, 0) is 39.0 Å². The van der Waals surface area contributed by atoms with Gasteiger partial charge in [-0.25, -0.2) is 30.4 Å². The number of halogens is 5. The van der Waals surface area contributed by atoms with Crippen molar-refractivity contribution < 1.29 is 40.0 Å². The van der Waals surface area contributed by atoms with E-state index in [1.165, 1.54) is 10.9 Å². The first-order valence-electron chi connectivity index (χ1n) is 12.1. The summed E-state index contributed by atoms with van der Waals surface area (Å²) < 4.78 is 98.5. The number of nitrogens with one attached hydrogen (secondary N) is 2. The number of sulfonamides is 1. The number of amides is 2. The number of nitrogens with zero attached hydrogens (tertiary/aromatic N) is 3. The van der Waals surface area contributed by atoms with E-state index in [1.807, 2.05) is 0 Å². The van der Waals surface area contributed by atoms with Crippen molar-refractivity contribution in [2.24, 2.45) is 13.0 Å². The molecule has 0 aliphatic carbocycles. The van der Waals surface area contributed by atoms with Crippen molar-refractivity contribution >= 4 is 21.8 Å². The summed E-state index contributed by atoms with van der Waals surface area (Å²) in [6, 6.07) is -2.54. The number of alkyl halides is 2. The monoisotopic (exact) mass is 579 g/mol. The Labute approximate surface area is 222 Å². The van der Waals surface area contributed by atoms with E-state index >= 15 is 0 Å². The molecule has 0 spiro atoms.